The van der Waals surface area contributed by atoms with Crippen LogP contribution in [-0.4, -0.2) is 25.1 Å². The van der Waals surface area contributed by atoms with Gasteiger partial charge in [0.2, 0.25) is 0 Å². The van der Waals surface area contributed by atoms with Gasteiger partial charge in [0.1, 0.15) is 0 Å². The predicted octanol–water partition coefficient (Wildman–Crippen LogP) is 1.46. The van der Waals surface area contributed by atoms with Crippen LogP contribution in [0.3, 0.4) is 0 Å². The van der Waals surface area contributed by atoms with Crippen LogP contribution in [0.25, 0.3) is 0 Å². The molecule has 13 heavy (non-hydrogen) atoms. The van der Waals surface area contributed by atoms with Crippen LogP contribution < -0.4 is 0 Å². The normalized spacial score (nSPS) is 12.0. The largest absolute Gasteiger partial charge is 0.299 e. The van der Waals surface area contributed by atoms with Gasteiger partial charge in [0, 0.05) is 11.5 Å². The minimum Gasteiger partial charge on any atom is -0.299 e. The van der Waals surface area contributed by atoms with E-state index in [0.29, 0.717) is 0 Å². The molecule has 0 heterocycles. The molecule has 0 atom stereocenters. The number of halogens is 1. The zero-order chi connectivity index (χ0) is 10.1. The maximum atomic E-state index is 11.3. The van der Waals surface area contributed by atoms with Crippen molar-refractivity contribution in [3.8, 4) is 0 Å². The van der Waals surface area contributed by atoms with Crippen molar-refractivity contribution in [2.75, 3.05) is 7.05 Å². The standard InChI is InChI=1S/C7H8BrNO3S/c1-9(10)13(11,12)7-4-2-6(8)3-5-7/h2-5,10H,1H3. The molecule has 0 bridgehead atoms. The summed E-state index contributed by atoms with van der Waals surface area (Å²) in [6, 6.07) is 6.00. The first-order valence-electron chi connectivity index (χ1n) is 3.38. The molecule has 0 unspecified atom stereocenters. The lowest BCUT2D eigenvalue weighted by Gasteiger charge is -2.08. The Balaban J connectivity index is 3.17. The van der Waals surface area contributed by atoms with Crippen molar-refractivity contribution in [1.29, 1.82) is 0 Å². The highest BCUT2D eigenvalue weighted by Crippen LogP contribution is 2.16. The van der Waals surface area contributed by atoms with Crippen LogP contribution in [0.5, 0.6) is 0 Å². The van der Waals surface area contributed by atoms with Gasteiger partial charge in [-0.2, -0.15) is 0 Å². The Labute approximate surface area is 84.9 Å². The minimum absolute atomic E-state index is 0.0562. The lowest BCUT2D eigenvalue weighted by atomic mass is 10.4. The highest BCUT2D eigenvalue weighted by molar-refractivity contribution is 9.10. The predicted molar refractivity (Wildman–Crippen MR) is 50.9 cm³/mol. The van der Waals surface area contributed by atoms with Crippen molar-refractivity contribution in [3.05, 3.63) is 28.7 Å². The summed E-state index contributed by atoms with van der Waals surface area (Å²) in [5.41, 5.74) is 0. The van der Waals surface area contributed by atoms with Crippen LogP contribution in [0.15, 0.2) is 33.6 Å². The van der Waals surface area contributed by atoms with Gasteiger partial charge in [0.05, 0.1) is 4.90 Å². The monoisotopic (exact) mass is 265 g/mol. The lowest BCUT2D eigenvalue weighted by Crippen LogP contribution is -2.22. The Morgan fingerprint density at radius 1 is 1.31 bits per heavy atom. The highest BCUT2D eigenvalue weighted by atomic mass is 79.9. The molecule has 0 spiro atoms. The average molecular weight is 266 g/mol. The summed E-state index contributed by atoms with van der Waals surface area (Å²) in [5.74, 6) is 0. The van der Waals surface area contributed by atoms with Crippen molar-refractivity contribution in [1.82, 2.24) is 4.47 Å². The lowest BCUT2D eigenvalue weighted by molar-refractivity contribution is 0.0310. The molecule has 0 saturated heterocycles. The first kappa shape index (κ1) is 10.6. The molecule has 6 heteroatoms. The zero-order valence-corrected chi connectivity index (χ0v) is 9.21. The number of hydroxylamine groups is 1. The summed E-state index contributed by atoms with van der Waals surface area (Å²) < 4.78 is 23.6. The molecule has 0 aliphatic heterocycles. The summed E-state index contributed by atoms with van der Waals surface area (Å²) >= 11 is 3.18. The van der Waals surface area contributed by atoms with Gasteiger partial charge in [-0.3, -0.25) is 5.21 Å². The van der Waals surface area contributed by atoms with E-state index in [2.05, 4.69) is 15.9 Å². The van der Waals surface area contributed by atoms with E-state index in [0.717, 1.165) is 11.5 Å². The van der Waals surface area contributed by atoms with E-state index in [1.807, 2.05) is 0 Å². The van der Waals surface area contributed by atoms with Gasteiger partial charge in [-0.1, -0.05) is 20.4 Å². The van der Waals surface area contributed by atoms with E-state index in [9.17, 15) is 8.42 Å². The molecule has 1 aromatic rings. The molecule has 0 amide bonds. The number of rotatable bonds is 2. The Kier molecular flexibility index (Phi) is 3.07. The van der Waals surface area contributed by atoms with Gasteiger partial charge < -0.3 is 0 Å². The molecule has 0 aromatic heterocycles. The van der Waals surface area contributed by atoms with Crippen LogP contribution in [0.4, 0.5) is 0 Å². The fourth-order valence-electron chi connectivity index (χ4n) is 0.759. The van der Waals surface area contributed by atoms with E-state index in [4.69, 9.17) is 5.21 Å². The van der Waals surface area contributed by atoms with Crippen molar-refractivity contribution < 1.29 is 13.6 Å². The Hall–Kier alpha value is -0.430. The van der Waals surface area contributed by atoms with E-state index >= 15 is 0 Å². The third kappa shape index (κ3) is 2.28. The second kappa shape index (κ2) is 3.75. The number of benzene rings is 1. The molecule has 1 N–H and O–H groups in total. The molecule has 4 nitrogen and oxygen atoms in total. The van der Waals surface area contributed by atoms with E-state index in [-0.39, 0.29) is 9.36 Å². The Bertz CT molecular complexity index is 385. The smallest absolute Gasteiger partial charge is 0.264 e. The second-order valence-corrected chi connectivity index (χ2v) is 5.26. The number of nitrogens with zero attached hydrogens (tertiary/aromatic N) is 1. The second-order valence-electron chi connectivity index (χ2n) is 2.39. The van der Waals surface area contributed by atoms with Crippen molar-refractivity contribution in [2.24, 2.45) is 0 Å². The summed E-state index contributed by atoms with van der Waals surface area (Å²) in [5, 5.41) is 8.84. The van der Waals surface area contributed by atoms with Crippen LogP contribution in [-0.2, 0) is 10.0 Å². The molecule has 0 saturated carbocycles. The molecule has 1 rings (SSSR count). The fourth-order valence-corrected chi connectivity index (χ4v) is 1.81. The number of hydrogen-bond acceptors (Lipinski definition) is 3. The first-order valence-corrected chi connectivity index (χ1v) is 5.61. The molecular formula is C7H8BrNO3S. The Morgan fingerprint density at radius 3 is 2.15 bits per heavy atom. The maximum Gasteiger partial charge on any atom is 0.264 e. The van der Waals surface area contributed by atoms with E-state index in [1.165, 1.54) is 12.1 Å². The van der Waals surface area contributed by atoms with Gasteiger partial charge in [-0.25, -0.2) is 8.42 Å². The summed E-state index contributed by atoms with van der Waals surface area (Å²) in [6.07, 6.45) is 0. The summed E-state index contributed by atoms with van der Waals surface area (Å²) in [7, 11) is -2.66. The van der Waals surface area contributed by atoms with Crippen molar-refractivity contribution in [3.63, 3.8) is 0 Å². The van der Waals surface area contributed by atoms with Crippen LogP contribution >= 0.6 is 15.9 Å². The van der Waals surface area contributed by atoms with E-state index < -0.39 is 10.0 Å². The third-order valence-electron chi connectivity index (χ3n) is 1.46. The summed E-state index contributed by atoms with van der Waals surface area (Å²) in [4.78, 5) is 0.0562. The molecule has 0 aliphatic rings. The number of sulfonamides is 1. The average Bonchev–Trinajstić information content (AvgIpc) is 2.04. The molecule has 0 radical (unpaired) electrons. The van der Waals surface area contributed by atoms with Gasteiger partial charge in [0.25, 0.3) is 10.0 Å². The Morgan fingerprint density at radius 2 is 1.77 bits per heavy atom. The maximum absolute atomic E-state index is 11.3. The quantitative estimate of drug-likeness (QED) is 0.824. The topological polar surface area (TPSA) is 57.6 Å². The molecule has 0 aliphatic carbocycles. The van der Waals surface area contributed by atoms with Gasteiger partial charge in [0.15, 0.2) is 0 Å². The fraction of sp³-hybridized carbons (Fsp3) is 0.143. The zero-order valence-electron chi connectivity index (χ0n) is 6.81. The minimum atomic E-state index is -3.73. The van der Waals surface area contributed by atoms with Crippen LogP contribution in [0.2, 0.25) is 0 Å². The third-order valence-corrected chi connectivity index (χ3v) is 3.55. The van der Waals surface area contributed by atoms with E-state index in [1.54, 1.807) is 12.1 Å². The molecule has 0 fully saturated rings. The van der Waals surface area contributed by atoms with Gasteiger partial charge in [-0.05, 0) is 24.3 Å². The SMILES string of the molecule is CN(O)S(=O)(=O)c1ccc(Br)cc1. The number of hydrogen-bond donors (Lipinski definition) is 1. The summed E-state index contributed by atoms with van der Waals surface area (Å²) in [6.45, 7) is 0. The first-order chi connectivity index (χ1) is 5.94. The van der Waals surface area contributed by atoms with Crippen LogP contribution in [0.1, 0.15) is 0 Å². The molecule has 72 valence electrons. The molecule has 1 aromatic carbocycles. The van der Waals surface area contributed by atoms with Crippen LogP contribution in [0, 0.1) is 0 Å². The van der Waals surface area contributed by atoms with Crippen molar-refractivity contribution in [2.45, 2.75) is 4.90 Å². The van der Waals surface area contributed by atoms with Gasteiger partial charge >= 0.3 is 0 Å². The molecular weight excluding hydrogens is 258 g/mol. The highest BCUT2D eigenvalue weighted by Gasteiger charge is 2.17. The van der Waals surface area contributed by atoms with Crippen molar-refractivity contribution >= 4 is 26.0 Å². The van der Waals surface area contributed by atoms with Gasteiger partial charge in [-0.15, -0.1) is 0 Å².